The molecule has 0 unspecified atom stereocenters. The molecule has 0 aromatic carbocycles. The summed E-state index contributed by atoms with van der Waals surface area (Å²) in [5.41, 5.74) is 0. The van der Waals surface area contributed by atoms with Gasteiger partial charge in [0.1, 0.15) is 6.33 Å². The molecule has 3 rings (SSSR count). The summed E-state index contributed by atoms with van der Waals surface area (Å²) < 4.78 is 27.8. The van der Waals surface area contributed by atoms with E-state index in [-0.39, 0.29) is 5.75 Å². The molecule has 130 valence electrons. The lowest BCUT2D eigenvalue weighted by atomic mass is 10.3. The molecule has 24 heavy (non-hydrogen) atoms. The number of nitrogens with zero attached hydrogens (tertiary/aromatic N) is 6. The quantitative estimate of drug-likeness (QED) is 0.770. The molecule has 9 heteroatoms. The number of rotatable bonds is 6. The van der Waals surface area contributed by atoms with Gasteiger partial charge in [0, 0.05) is 38.6 Å². The minimum Gasteiger partial charge on any atom is -0.352 e. The zero-order valence-corrected chi connectivity index (χ0v) is 14.6. The van der Waals surface area contributed by atoms with Crippen LogP contribution >= 0.6 is 0 Å². The fraction of sp³-hybridized carbons (Fsp3) is 0.533. The SMILES string of the molecule is CCCCS(=O)(=O)N1CCN(c2ccc(-n3ccnc3)nn2)CC1. The largest absolute Gasteiger partial charge is 0.352 e. The maximum atomic E-state index is 12.2. The summed E-state index contributed by atoms with van der Waals surface area (Å²) in [7, 11) is -3.13. The molecule has 1 saturated heterocycles. The lowest BCUT2D eigenvalue weighted by Crippen LogP contribution is -2.49. The second-order valence-corrected chi connectivity index (χ2v) is 7.86. The monoisotopic (exact) mass is 350 g/mol. The zero-order valence-electron chi connectivity index (χ0n) is 13.7. The van der Waals surface area contributed by atoms with Gasteiger partial charge in [-0.2, -0.15) is 4.31 Å². The van der Waals surface area contributed by atoms with Crippen molar-refractivity contribution in [3.63, 3.8) is 0 Å². The molecule has 1 aliphatic heterocycles. The van der Waals surface area contributed by atoms with E-state index in [2.05, 4.69) is 20.1 Å². The first-order valence-corrected chi connectivity index (χ1v) is 9.76. The van der Waals surface area contributed by atoms with Crippen LogP contribution in [0.1, 0.15) is 19.8 Å². The van der Waals surface area contributed by atoms with Crippen molar-refractivity contribution in [3.05, 3.63) is 30.9 Å². The van der Waals surface area contributed by atoms with Gasteiger partial charge < -0.3 is 4.90 Å². The highest BCUT2D eigenvalue weighted by molar-refractivity contribution is 7.89. The average molecular weight is 350 g/mol. The Morgan fingerprint density at radius 2 is 1.79 bits per heavy atom. The van der Waals surface area contributed by atoms with Crippen molar-refractivity contribution in [2.45, 2.75) is 19.8 Å². The molecule has 0 saturated carbocycles. The van der Waals surface area contributed by atoms with E-state index >= 15 is 0 Å². The number of unbranched alkanes of at least 4 members (excludes halogenated alkanes) is 1. The van der Waals surface area contributed by atoms with Crippen molar-refractivity contribution in [1.82, 2.24) is 24.1 Å². The van der Waals surface area contributed by atoms with Crippen LogP contribution in [0.25, 0.3) is 5.82 Å². The minimum atomic E-state index is -3.13. The Balaban J connectivity index is 1.60. The Hall–Kier alpha value is -2.00. The highest BCUT2D eigenvalue weighted by Gasteiger charge is 2.26. The standard InChI is InChI=1S/C15H22N6O2S/c1-2-3-12-24(22,23)21-10-8-19(9-11-21)14-4-5-15(18-17-14)20-7-6-16-13-20/h4-7,13H,2-3,8-12H2,1H3. The fourth-order valence-electron chi connectivity index (χ4n) is 2.67. The smallest absolute Gasteiger partial charge is 0.214 e. The maximum absolute atomic E-state index is 12.2. The number of aromatic nitrogens is 4. The molecule has 8 nitrogen and oxygen atoms in total. The van der Waals surface area contributed by atoms with Crippen LogP contribution in [0, 0.1) is 0 Å². The first kappa shape index (κ1) is 16.8. The van der Waals surface area contributed by atoms with Crippen molar-refractivity contribution in [2.24, 2.45) is 0 Å². The molecule has 0 bridgehead atoms. The van der Waals surface area contributed by atoms with Crippen LogP contribution < -0.4 is 4.90 Å². The van der Waals surface area contributed by atoms with Crippen LogP contribution in [0.4, 0.5) is 5.82 Å². The third-order valence-electron chi connectivity index (χ3n) is 4.12. The third-order valence-corrected chi connectivity index (χ3v) is 6.07. The van der Waals surface area contributed by atoms with Gasteiger partial charge in [0.15, 0.2) is 11.6 Å². The molecule has 0 N–H and O–H groups in total. The third kappa shape index (κ3) is 3.73. The molecule has 0 radical (unpaired) electrons. The van der Waals surface area contributed by atoms with Gasteiger partial charge in [0.2, 0.25) is 10.0 Å². The van der Waals surface area contributed by atoms with Crippen molar-refractivity contribution >= 4 is 15.8 Å². The lowest BCUT2D eigenvalue weighted by molar-refractivity contribution is 0.383. The molecule has 1 aliphatic rings. The van der Waals surface area contributed by atoms with Gasteiger partial charge in [-0.25, -0.2) is 13.4 Å². The van der Waals surface area contributed by atoms with Crippen LogP contribution in [0.5, 0.6) is 0 Å². The van der Waals surface area contributed by atoms with E-state index in [4.69, 9.17) is 0 Å². The topological polar surface area (TPSA) is 84.2 Å². The number of hydrogen-bond acceptors (Lipinski definition) is 6. The summed E-state index contributed by atoms with van der Waals surface area (Å²) in [4.78, 5) is 6.05. The van der Waals surface area contributed by atoms with E-state index in [9.17, 15) is 8.42 Å². The molecule has 0 aliphatic carbocycles. The number of hydrogen-bond donors (Lipinski definition) is 0. The molecule has 2 aromatic heterocycles. The van der Waals surface area contributed by atoms with Gasteiger partial charge in [0.25, 0.3) is 0 Å². The molecule has 3 heterocycles. The number of imidazole rings is 1. The van der Waals surface area contributed by atoms with Crippen LogP contribution in [0.3, 0.4) is 0 Å². The van der Waals surface area contributed by atoms with Gasteiger partial charge >= 0.3 is 0 Å². The summed E-state index contributed by atoms with van der Waals surface area (Å²) >= 11 is 0. The van der Waals surface area contributed by atoms with Gasteiger partial charge in [-0.1, -0.05) is 13.3 Å². The second kappa shape index (κ2) is 7.27. The van der Waals surface area contributed by atoms with Crippen LogP contribution in [-0.2, 0) is 10.0 Å². The van der Waals surface area contributed by atoms with Crippen molar-refractivity contribution in [2.75, 3.05) is 36.8 Å². The molecule has 0 atom stereocenters. The van der Waals surface area contributed by atoms with Crippen molar-refractivity contribution in [3.8, 4) is 5.82 Å². The first-order chi connectivity index (χ1) is 11.6. The van der Waals surface area contributed by atoms with E-state index in [1.807, 2.05) is 25.3 Å². The average Bonchev–Trinajstić information content (AvgIpc) is 3.15. The Kier molecular flexibility index (Phi) is 5.10. The summed E-state index contributed by atoms with van der Waals surface area (Å²) in [6.45, 7) is 4.25. The van der Waals surface area contributed by atoms with Crippen molar-refractivity contribution < 1.29 is 8.42 Å². The highest BCUT2D eigenvalue weighted by atomic mass is 32.2. The lowest BCUT2D eigenvalue weighted by Gasteiger charge is -2.34. The number of anilines is 1. The van der Waals surface area contributed by atoms with Gasteiger partial charge in [-0.15, -0.1) is 10.2 Å². The summed E-state index contributed by atoms with van der Waals surface area (Å²) in [6.07, 6.45) is 6.77. The predicted molar refractivity (Wildman–Crippen MR) is 91.6 cm³/mol. The molecule has 1 fully saturated rings. The van der Waals surface area contributed by atoms with E-state index in [0.717, 1.165) is 12.2 Å². The molecule has 2 aromatic rings. The van der Waals surface area contributed by atoms with Crippen molar-refractivity contribution in [1.29, 1.82) is 0 Å². The van der Waals surface area contributed by atoms with E-state index < -0.39 is 10.0 Å². The molecule has 0 amide bonds. The maximum Gasteiger partial charge on any atom is 0.214 e. The van der Waals surface area contributed by atoms with Gasteiger partial charge in [-0.3, -0.25) is 4.57 Å². The second-order valence-electron chi connectivity index (χ2n) is 5.78. The van der Waals surface area contributed by atoms with Crippen LogP contribution in [0.15, 0.2) is 30.9 Å². The number of sulfonamides is 1. The van der Waals surface area contributed by atoms with E-state index in [1.165, 1.54) is 0 Å². The molecular formula is C15H22N6O2S. The normalized spacial score (nSPS) is 16.5. The highest BCUT2D eigenvalue weighted by Crippen LogP contribution is 2.16. The predicted octanol–water partition coefficient (Wildman–Crippen LogP) is 0.914. The number of piperazine rings is 1. The zero-order chi connectivity index (χ0) is 17.0. The Morgan fingerprint density at radius 1 is 1.08 bits per heavy atom. The van der Waals surface area contributed by atoms with E-state index in [0.29, 0.717) is 38.4 Å². The summed E-state index contributed by atoms with van der Waals surface area (Å²) in [5, 5.41) is 8.46. The first-order valence-electron chi connectivity index (χ1n) is 8.15. The van der Waals surface area contributed by atoms with Gasteiger partial charge in [-0.05, 0) is 18.6 Å². The van der Waals surface area contributed by atoms with Crippen LogP contribution in [0.2, 0.25) is 0 Å². The summed E-state index contributed by atoms with van der Waals surface area (Å²) in [6, 6.07) is 3.79. The fourth-order valence-corrected chi connectivity index (χ4v) is 4.30. The molecular weight excluding hydrogens is 328 g/mol. The van der Waals surface area contributed by atoms with Gasteiger partial charge in [0.05, 0.1) is 5.75 Å². The minimum absolute atomic E-state index is 0.239. The van der Waals surface area contributed by atoms with Crippen LogP contribution in [-0.4, -0.2) is 64.4 Å². The Labute approximate surface area is 142 Å². The Bertz CT molecular complexity index is 737. The summed E-state index contributed by atoms with van der Waals surface area (Å²) in [5.74, 6) is 1.71. The Morgan fingerprint density at radius 3 is 2.38 bits per heavy atom. The van der Waals surface area contributed by atoms with E-state index in [1.54, 1.807) is 21.4 Å². The molecule has 0 spiro atoms.